The molecule has 4 N–H and O–H groups in total. The van der Waals surface area contributed by atoms with E-state index in [0.717, 1.165) is 53.0 Å². The number of rotatable bonds is 11. The molecule has 2 aromatic carbocycles. The smallest absolute Gasteiger partial charge is 0.221 e. The highest BCUT2D eigenvalue weighted by molar-refractivity contribution is 5.78. The molecule has 192 valence electrons. The van der Waals surface area contributed by atoms with Crippen molar-refractivity contribution in [2.24, 2.45) is 0 Å². The molecule has 0 bridgehead atoms. The molecule has 0 unspecified atom stereocenters. The van der Waals surface area contributed by atoms with Gasteiger partial charge < -0.3 is 35.2 Å². The second-order valence-corrected chi connectivity index (χ2v) is 8.65. The highest BCUT2D eigenvalue weighted by Gasteiger charge is 2.30. The van der Waals surface area contributed by atoms with Crippen molar-refractivity contribution in [1.29, 1.82) is 0 Å². The summed E-state index contributed by atoms with van der Waals surface area (Å²) in [4.78, 5) is 8.20. The van der Waals surface area contributed by atoms with Gasteiger partial charge in [-0.15, -0.1) is 0 Å². The zero-order valence-electron chi connectivity index (χ0n) is 21.0. The Hall–Kier alpha value is -3.56. The van der Waals surface area contributed by atoms with Crippen LogP contribution < -0.4 is 25.7 Å². The van der Waals surface area contributed by atoms with Crippen molar-refractivity contribution >= 4 is 11.8 Å². The molecule has 0 spiro atoms. The summed E-state index contributed by atoms with van der Waals surface area (Å²) in [6.07, 6.45) is 5.11. The Morgan fingerprint density at radius 3 is 2.42 bits per heavy atom. The Balaban J connectivity index is 1.76. The molecule has 0 amide bonds. The van der Waals surface area contributed by atoms with Crippen LogP contribution in [0, 0.1) is 0 Å². The molecule has 1 aliphatic carbocycles. The second-order valence-electron chi connectivity index (χ2n) is 8.65. The van der Waals surface area contributed by atoms with Gasteiger partial charge in [0.2, 0.25) is 5.95 Å². The third kappa shape index (κ3) is 5.98. The van der Waals surface area contributed by atoms with Crippen molar-refractivity contribution in [3.05, 3.63) is 53.7 Å². The third-order valence-corrected chi connectivity index (χ3v) is 6.20. The minimum absolute atomic E-state index is 0.0445. The number of aromatic nitrogens is 2. The van der Waals surface area contributed by atoms with Crippen LogP contribution in [0.25, 0.3) is 11.1 Å². The molecular weight excluding hydrogens is 460 g/mol. The second kappa shape index (κ2) is 11.9. The monoisotopic (exact) mass is 494 g/mol. The van der Waals surface area contributed by atoms with E-state index >= 15 is 0 Å². The average Bonchev–Trinajstić information content (AvgIpc) is 3.32. The molecule has 0 aliphatic heterocycles. The predicted molar refractivity (Wildman–Crippen MR) is 138 cm³/mol. The van der Waals surface area contributed by atoms with Gasteiger partial charge in [-0.05, 0) is 61.6 Å². The van der Waals surface area contributed by atoms with Crippen LogP contribution in [0.4, 0.5) is 11.8 Å². The van der Waals surface area contributed by atoms with Gasteiger partial charge in [-0.2, -0.15) is 4.98 Å². The van der Waals surface area contributed by atoms with Crippen molar-refractivity contribution in [2.75, 3.05) is 39.1 Å². The molecule has 36 heavy (non-hydrogen) atoms. The van der Waals surface area contributed by atoms with E-state index in [1.807, 2.05) is 43.3 Å². The molecule has 0 radical (unpaired) electrons. The standard InChI is InChI=1S/C27H34N4O5/c1-4-34-23-13-17(12-19-15-30-27(29)31-26(19)28)14-24(36-22-7-5-6-21(22)33-3)25(23)18-8-10-20(11-9-18)35-16-32-2/h8-11,13-15,21-22H,4-7,12,16H2,1-3H3,(H4,28,29,30,31)/t21-,22-/m1/s1. The topological polar surface area (TPSA) is 124 Å². The summed E-state index contributed by atoms with van der Waals surface area (Å²) in [6, 6.07) is 11.8. The van der Waals surface area contributed by atoms with Gasteiger partial charge in [-0.25, -0.2) is 4.98 Å². The van der Waals surface area contributed by atoms with Crippen molar-refractivity contribution in [3.63, 3.8) is 0 Å². The van der Waals surface area contributed by atoms with Gasteiger partial charge in [0.25, 0.3) is 0 Å². The lowest BCUT2D eigenvalue weighted by Gasteiger charge is -2.24. The maximum absolute atomic E-state index is 6.64. The minimum atomic E-state index is -0.0484. The van der Waals surface area contributed by atoms with Crippen LogP contribution in [0.3, 0.4) is 0 Å². The maximum Gasteiger partial charge on any atom is 0.221 e. The number of ether oxygens (including phenoxy) is 5. The van der Waals surface area contributed by atoms with Crippen LogP contribution in [-0.2, 0) is 15.9 Å². The molecule has 1 heterocycles. The van der Waals surface area contributed by atoms with E-state index in [1.165, 1.54) is 0 Å². The van der Waals surface area contributed by atoms with Crippen molar-refractivity contribution < 1.29 is 23.7 Å². The number of anilines is 2. The number of hydrogen-bond donors (Lipinski definition) is 2. The normalized spacial score (nSPS) is 17.2. The molecule has 9 nitrogen and oxygen atoms in total. The molecule has 1 fully saturated rings. The molecule has 4 rings (SSSR count). The zero-order valence-corrected chi connectivity index (χ0v) is 21.0. The Labute approximate surface area is 211 Å². The number of nitrogens with two attached hydrogens (primary N) is 2. The Morgan fingerprint density at radius 1 is 0.972 bits per heavy atom. The highest BCUT2D eigenvalue weighted by Crippen LogP contribution is 2.42. The summed E-state index contributed by atoms with van der Waals surface area (Å²) < 4.78 is 29.0. The van der Waals surface area contributed by atoms with Gasteiger partial charge in [0.05, 0.1) is 18.3 Å². The summed E-state index contributed by atoms with van der Waals surface area (Å²) in [5.74, 6) is 2.67. The van der Waals surface area contributed by atoms with Crippen LogP contribution in [-0.4, -0.2) is 49.8 Å². The maximum atomic E-state index is 6.64. The van der Waals surface area contributed by atoms with Crippen molar-refractivity contribution in [1.82, 2.24) is 9.97 Å². The first-order chi connectivity index (χ1) is 17.5. The summed E-state index contributed by atoms with van der Waals surface area (Å²) >= 11 is 0. The minimum Gasteiger partial charge on any atom is -0.493 e. The fourth-order valence-corrected chi connectivity index (χ4v) is 4.49. The van der Waals surface area contributed by atoms with Gasteiger partial charge >= 0.3 is 0 Å². The largest absolute Gasteiger partial charge is 0.493 e. The van der Waals surface area contributed by atoms with E-state index in [0.29, 0.717) is 24.6 Å². The van der Waals surface area contributed by atoms with Crippen molar-refractivity contribution in [2.45, 2.75) is 44.8 Å². The average molecular weight is 495 g/mol. The van der Waals surface area contributed by atoms with E-state index in [9.17, 15) is 0 Å². The molecule has 9 heteroatoms. The first-order valence-electron chi connectivity index (χ1n) is 12.1. The number of nitrogens with zero attached hydrogens (tertiary/aromatic N) is 2. The lowest BCUT2D eigenvalue weighted by Crippen LogP contribution is -2.28. The molecule has 1 aromatic heterocycles. The number of nitrogen functional groups attached to an aromatic ring is 2. The lowest BCUT2D eigenvalue weighted by atomic mass is 9.98. The van der Waals surface area contributed by atoms with E-state index < -0.39 is 0 Å². The Morgan fingerprint density at radius 2 is 1.72 bits per heavy atom. The van der Waals surface area contributed by atoms with Crippen LogP contribution in [0.15, 0.2) is 42.6 Å². The molecule has 2 atom stereocenters. The molecule has 1 aliphatic rings. The predicted octanol–water partition coefficient (Wildman–Crippen LogP) is 4.23. The molecule has 0 saturated heterocycles. The Kier molecular flexibility index (Phi) is 8.45. The van der Waals surface area contributed by atoms with Crippen LogP contribution in [0.2, 0.25) is 0 Å². The summed E-state index contributed by atoms with van der Waals surface area (Å²) in [7, 11) is 3.33. The Bertz CT molecular complexity index is 1160. The zero-order chi connectivity index (χ0) is 25.5. The summed E-state index contributed by atoms with van der Waals surface area (Å²) in [5.41, 5.74) is 15.4. The van der Waals surface area contributed by atoms with Crippen LogP contribution in [0.5, 0.6) is 17.2 Å². The molecule has 3 aromatic rings. The highest BCUT2D eigenvalue weighted by atomic mass is 16.7. The number of methoxy groups -OCH3 is 2. The van der Waals surface area contributed by atoms with E-state index in [4.69, 9.17) is 35.2 Å². The van der Waals surface area contributed by atoms with Crippen LogP contribution >= 0.6 is 0 Å². The van der Waals surface area contributed by atoms with Gasteiger partial charge in [-0.3, -0.25) is 0 Å². The van der Waals surface area contributed by atoms with Gasteiger partial charge in [-0.1, -0.05) is 12.1 Å². The fraction of sp³-hybridized carbons (Fsp3) is 0.407. The first-order valence-corrected chi connectivity index (χ1v) is 12.1. The third-order valence-electron chi connectivity index (χ3n) is 6.20. The van der Waals surface area contributed by atoms with E-state index in [1.54, 1.807) is 20.4 Å². The molecule has 1 saturated carbocycles. The van der Waals surface area contributed by atoms with Crippen LogP contribution in [0.1, 0.15) is 37.3 Å². The summed E-state index contributed by atoms with van der Waals surface area (Å²) in [5, 5.41) is 0. The fourth-order valence-electron chi connectivity index (χ4n) is 4.49. The van der Waals surface area contributed by atoms with Gasteiger partial charge in [0.15, 0.2) is 6.79 Å². The first kappa shape index (κ1) is 25.5. The van der Waals surface area contributed by atoms with Gasteiger partial charge in [0, 0.05) is 32.4 Å². The SMILES string of the molecule is CCOc1cc(Cc2cnc(N)nc2N)cc(O[C@@H]2CCC[C@H]2OC)c1-c1ccc(OCOC)cc1. The quantitative estimate of drug-likeness (QED) is 0.377. The molecular formula is C27H34N4O5. The van der Waals surface area contributed by atoms with Crippen molar-refractivity contribution in [3.8, 4) is 28.4 Å². The lowest BCUT2D eigenvalue weighted by molar-refractivity contribution is 0.0230. The summed E-state index contributed by atoms with van der Waals surface area (Å²) in [6.45, 7) is 2.65. The number of benzene rings is 2. The number of hydrogen-bond acceptors (Lipinski definition) is 9. The van der Waals surface area contributed by atoms with E-state index in [-0.39, 0.29) is 24.9 Å². The van der Waals surface area contributed by atoms with Gasteiger partial charge in [0.1, 0.15) is 29.2 Å². The van der Waals surface area contributed by atoms with E-state index in [2.05, 4.69) is 9.97 Å².